The van der Waals surface area contributed by atoms with Crippen LogP contribution in [0.1, 0.15) is 23.3 Å². The van der Waals surface area contributed by atoms with Gasteiger partial charge in [0, 0.05) is 23.9 Å². The van der Waals surface area contributed by atoms with Crippen molar-refractivity contribution in [1.29, 1.82) is 0 Å². The van der Waals surface area contributed by atoms with Crippen LogP contribution < -0.4 is 10.6 Å². The number of H-pyrrole nitrogens is 2. The van der Waals surface area contributed by atoms with Gasteiger partial charge < -0.3 is 15.3 Å². The summed E-state index contributed by atoms with van der Waals surface area (Å²) in [6, 6.07) is 17.1. The maximum Gasteiger partial charge on any atom is 0.267 e. The summed E-state index contributed by atoms with van der Waals surface area (Å²) in [6.45, 7) is 0.418. The Kier molecular flexibility index (Phi) is 4.57. The number of carbonyl (C=O) groups is 2. The Balaban J connectivity index is 1.24. The standard InChI is InChI=1S/C20H19N5O2/c26-18(25-20-23-15-8-3-4-9-16(15)24-20)10-5-11-21-19(27)17-12-13-6-1-2-7-14(13)22-17/h1-4,6-9,12,22H,5,10-11H2,(H,21,27)(H2,23,24,25,26). The lowest BCUT2D eigenvalue weighted by atomic mass is 10.2. The number of aromatic amines is 2. The normalized spacial score (nSPS) is 11.0. The van der Waals surface area contributed by atoms with Gasteiger partial charge in [-0.15, -0.1) is 0 Å². The Morgan fingerprint density at radius 2 is 1.74 bits per heavy atom. The molecule has 0 aliphatic heterocycles. The van der Waals surface area contributed by atoms with Crippen LogP contribution in [-0.2, 0) is 4.79 Å². The quantitative estimate of drug-likeness (QED) is 0.397. The summed E-state index contributed by atoms with van der Waals surface area (Å²) in [5, 5.41) is 6.56. The van der Waals surface area contributed by atoms with Crippen LogP contribution in [0.15, 0.2) is 54.6 Å². The van der Waals surface area contributed by atoms with Crippen molar-refractivity contribution in [2.45, 2.75) is 12.8 Å². The Labute approximate surface area is 155 Å². The molecule has 136 valence electrons. The SMILES string of the molecule is O=C(CCCNC(=O)c1cc2ccccc2[nH]1)Nc1nc2ccccc2[nH]1. The first-order valence-corrected chi connectivity index (χ1v) is 8.79. The Bertz CT molecular complexity index is 1050. The van der Waals surface area contributed by atoms with Crippen LogP contribution in [0.5, 0.6) is 0 Å². The highest BCUT2D eigenvalue weighted by atomic mass is 16.2. The highest BCUT2D eigenvalue weighted by Gasteiger charge is 2.10. The van der Waals surface area contributed by atoms with Gasteiger partial charge in [0.1, 0.15) is 5.69 Å². The van der Waals surface area contributed by atoms with Crippen molar-refractivity contribution in [3.63, 3.8) is 0 Å². The second kappa shape index (κ2) is 7.33. The van der Waals surface area contributed by atoms with E-state index in [1.54, 1.807) is 0 Å². The molecule has 2 aromatic carbocycles. The molecule has 0 atom stereocenters. The zero-order chi connectivity index (χ0) is 18.6. The number of amides is 2. The molecule has 0 spiro atoms. The number of benzene rings is 2. The molecule has 0 unspecified atom stereocenters. The molecular formula is C20H19N5O2. The van der Waals surface area contributed by atoms with E-state index >= 15 is 0 Å². The number of para-hydroxylation sites is 3. The van der Waals surface area contributed by atoms with Crippen molar-refractivity contribution in [1.82, 2.24) is 20.3 Å². The van der Waals surface area contributed by atoms with Gasteiger partial charge in [-0.1, -0.05) is 30.3 Å². The van der Waals surface area contributed by atoms with Crippen LogP contribution >= 0.6 is 0 Å². The topological polar surface area (TPSA) is 103 Å². The number of hydrogen-bond donors (Lipinski definition) is 4. The number of nitrogens with zero attached hydrogens (tertiary/aromatic N) is 1. The lowest BCUT2D eigenvalue weighted by Gasteiger charge is -2.04. The molecule has 7 nitrogen and oxygen atoms in total. The summed E-state index contributed by atoms with van der Waals surface area (Å²) in [7, 11) is 0. The minimum atomic E-state index is -0.177. The van der Waals surface area contributed by atoms with Gasteiger partial charge in [0.05, 0.1) is 11.0 Å². The second-order valence-corrected chi connectivity index (χ2v) is 6.28. The summed E-state index contributed by atoms with van der Waals surface area (Å²) < 4.78 is 0. The van der Waals surface area contributed by atoms with Crippen molar-refractivity contribution in [2.75, 3.05) is 11.9 Å². The van der Waals surface area contributed by atoms with E-state index in [1.165, 1.54) is 0 Å². The lowest BCUT2D eigenvalue weighted by molar-refractivity contribution is -0.116. The Morgan fingerprint density at radius 3 is 2.56 bits per heavy atom. The predicted molar refractivity (Wildman–Crippen MR) is 105 cm³/mol. The molecule has 2 amide bonds. The van der Waals surface area contributed by atoms with Gasteiger partial charge in [0.25, 0.3) is 5.91 Å². The van der Waals surface area contributed by atoms with Gasteiger partial charge in [0.15, 0.2) is 0 Å². The van der Waals surface area contributed by atoms with Crippen LogP contribution in [0.25, 0.3) is 21.9 Å². The maximum atomic E-state index is 12.2. The van der Waals surface area contributed by atoms with Crippen LogP contribution in [-0.4, -0.2) is 33.3 Å². The van der Waals surface area contributed by atoms with Gasteiger partial charge in [0.2, 0.25) is 11.9 Å². The van der Waals surface area contributed by atoms with E-state index in [9.17, 15) is 9.59 Å². The molecule has 0 aliphatic rings. The molecule has 2 heterocycles. The Hall–Kier alpha value is -3.61. The zero-order valence-electron chi connectivity index (χ0n) is 14.6. The van der Waals surface area contributed by atoms with Gasteiger partial charge in [-0.05, 0) is 30.7 Å². The number of rotatable bonds is 6. The van der Waals surface area contributed by atoms with E-state index in [0.717, 1.165) is 21.9 Å². The number of carbonyl (C=O) groups excluding carboxylic acids is 2. The van der Waals surface area contributed by atoms with Crippen LogP contribution in [0.3, 0.4) is 0 Å². The van der Waals surface area contributed by atoms with E-state index in [0.29, 0.717) is 31.0 Å². The fourth-order valence-electron chi connectivity index (χ4n) is 2.95. The minimum absolute atomic E-state index is 0.145. The van der Waals surface area contributed by atoms with Crippen LogP contribution in [0.4, 0.5) is 5.95 Å². The first kappa shape index (κ1) is 16.8. The van der Waals surface area contributed by atoms with Crippen molar-refractivity contribution in [3.8, 4) is 0 Å². The van der Waals surface area contributed by atoms with Gasteiger partial charge in [-0.3, -0.25) is 14.9 Å². The molecule has 4 aromatic rings. The average molecular weight is 361 g/mol. The molecule has 0 saturated carbocycles. The minimum Gasteiger partial charge on any atom is -0.351 e. The summed E-state index contributed by atoms with van der Waals surface area (Å²) in [5.41, 5.74) is 3.12. The number of hydrogen-bond acceptors (Lipinski definition) is 3. The van der Waals surface area contributed by atoms with E-state index < -0.39 is 0 Å². The summed E-state index contributed by atoms with van der Waals surface area (Å²) in [4.78, 5) is 34.7. The average Bonchev–Trinajstić information content (AvgIpc) is 3.28. The van der Waals surface area contributed by atoms with Crippen LogP contribution in [0.2, 0.25) is 0 Å². The first-order valence-electron chi connectivity index (χ1n) is 8.79. The molecular weight excluding hydrogens is 342 g/mol. The van der Waals surface area contributed by atoms with Crippen molar-refractivity contribution in [3.05, 3.63) is 60.3 Å². The first-order chi connectivity index (χ1) is 13.2. The summed E-state index contributed by atoms with van der Waals surface area (Å²) in [6.07, 6.45) is 0.835. The number of fused-ring (bicyclic) bond motifs is 2. The van der Waals surface area contributed by atoms with E-state index in [2.05, 4.69) is 25.6 Å². The lowest BCUT2D eigenvalue weighted by Crippen LogP contribution is -2.25. The Morgan fingerprint density at radius 1 is 0.963 bits per heavy atom. The summed E-state index contributed by atoms with van der Waals surface area (Å²) in [5.74, 6) is 0.112. The molecule has 0 bridgehead atoms. The largest absolute Gasteiger partial charge is 0.351 e. The monoisotopic (exact) mass is 361 g/mol. The molecule has 0 fully saturated rings. The third kappa shape index (κ3) is 3.82. The molecule has 4 N–H and O–H groups in total. The molecule has 4 rings (SSSR count). The molecule has 0 aliphatic carbocycles. The summed E-state index contributed by atoms with van der Waals surface area (Å²) >= 11 is 0. The molecule has 27 heavy (non-hydrogen) atoms. The fraction of sp³-hybridized carbons (Fsp3) is 0.150. The van der Waals surface area contributed by atoms with E-state index in [1.807, 2.05) is 54.6 Å². The number of aromatic nitrogens is 3. The highest BCUT2D eigenvalue weighted by molar-refractivity contribution is 5.98. The van der Waals surface area contributed by atoms with Crippen LogP contribution in [0, 0.1) is 0 Å². The van der Waals surface area contributed by atoms with Crippen molar-refractivity contribution in [2.24, 2.45) is 0 Å². The van der Waals surface area contributed by atoms with Crippen molar-refractivity contribution < 1.29 is 9.59 Å². The van der Waals surface area contributed by atoms with Crippen molar-refractivity contribution >= 4 is 39.7 Å². The molecule has 0 radical (unpaired) electrons. The smallest absolute Gasteiger partial charge is 0.267 e. The highest BCUT2D eigenvalue weighted by Crippen LogP contribution is 2.15. The molecule has 0 saturated heterocycles. The molecule has 7 heteroatoms. The molecule has 2 aromatic heterocycles. The predicted octanol–water partition coefficient (Wildman–Crippen LogP) is 3.19. The van der Waals surface area contributed by atoms with E-state index in [-0.39, 0.29) is 11.8 Å². The number of nitrogens with one attached hydrogen (secondary N) is 4. The zero-order valence-corrected chi connectivity index (χ0v) is 14.6. The third-order valence-corrected chi connectivity index (χ3v) is 4.29. The van der Waals surface area contributed by atoms with Gasteiger partial charge >= 0.3 is 0 Å². The van der Waals surface area contributed by atoms with Gasteiger partial charge in [-0.2, -0.15) is 0 Å². The number of imidazole rings is 1. The second-order valence-electron chi connectivity index (χ2n) is 6.28. The third-order valence-electron chi connectivity index (χ3n) is 4.29. The maximum absolute atomic E-state index is 12.2. The fourth-order valence-corrected chi connectivity index (χ4v) is 2.95. The van der Waals surface area contributed by atoms with E-state index in [4.69, 9.17) is 0 Å². The number of anilines is 1. The van der Waals surface area contributed by atoms with Gasteiger partial charge in [-0.25, -0.2) is 4.98 Å².